The molecule has 0 aliphatic rings. The van der Waals surface area contributed by atoms with Gasteiger partial charge in [0.1, 0.15) is 0 Å². The number of carboxylic acids is 1. The molecule has 0 bridgehead atoms. The van der Waals surface area contributed by atoms with Gasteiger partial charge in [-0.1, -0.05) is 29.1 Å². The summed E-state index contributed by atoms with van der Waals surface area (Å²) in [5.41, 5.74) is -3.67. The van der Waals surface area contributed by atoms with Crippen LogP contribution >= 0.6 is 23.2 Å². The van der Waals surface area contributed by atoms with Crippen molar-refractivity contribution in [3.63, 3.8) is 0 Å². The number of hydrogen-bond acceptors (Lipinski definition) is 2. The van der Waals surface area contributed by atoms with Gasteiger partial charge in [-0.2, -0.15) is 13.2 Å². The number of rotatable bonds is 2. The fourth-order valence-corrected chi connectivity index (χ4v) is 2.74. The maximum atomic E-state index is 13.5. The van der Waals surface area contributed by atoms with E-state index < -0.39 is 23.3 Å². The molecule has 2 aromatic carbocycles. The van der Waals surface area contributed by atoms with Crippen molar-refractivity contribution in [1.82, 2.24) is 0 Å². The highest BCUT2D eigenvalue weighted by Gasteiger charge is 2.54. The highest BCUT2D eigenvalue weighted by molar-refractivity contribution is 6.34. The molecule has 0 aromatic heterocycles. The number of aromatic carboxylic acids is 1. The monoisotopic (exact) mass is 402 g/mol. The van der Waals surface area contributed by atoms with E-state index in [-0.39, 0.29) is 21.2 Å². The highest BCUT2D eigenvalue weighted by Crippen LogP contribution is 2.40. The van der Waals surface area contributed by atoms with Crippen molar-refractivity contribution < 1.29 is 28.2 Å². The fraction of sp³-hybridized carbons (Fsp3) is 0.167. The van der Waals surface area contributed by atoms with E-state index in [9.17, 15) is 23.1 Å². The van der Waals surface area contributed by atoms with E-state index in [0.717, 1.165) is 12.1 Å². The quantitative estimate of drug-likeness (QED) is 0.709. The van der Waals surface area contributed by atoms with Gasteiger partial charge in [0.15, 0.2) is 0 Å². The van der Waals surface area contributed by atoms with Crippen LogP contribution in [0.15, 0.2) is 36.4 Å². The normalized spacial score (nSPS) is 13.5. The van der Waals surface area contributed by atoms with Crippen molar-refractivity contribution in [2.45, 2.75) is 18.7 Å². The van der Waals surface area contributed by atoms with Gasteiger partial charge in [-0.15, -0.1) is 0 Å². The van der Waals surface area contributed by atoms with Crippen LogP contribution in [0.2, 0.25) is 10.0 Å². The lowest BCUT2D eigenvalue weighted by Gasteiger charge is -2.26. The maximum Gasteiger partial charge on any atom is 0.433 e. The predicted molar refractivity (Wildman–Crippen MR) is 91.4 cm³/mol. The Balaban J connectivity index is 2.56. The number of benzene rings is 2. The first kappa shape index (κ1) is 20.1. The van der Waals surface area contributed by atoms with Gasteiger partial charge in [0.25, 0.3) is 0 Å². The lowest BCUT2D eigenvalue weighted by molar-refractivity contribution is -0.240. The van der Waals surface area contributed by atoms with Crippen LogP contribution in [0.4, 0.5) is 13.2 Å². The molecule has 0 aliphatic heterocycles. The van der Waals surface area contributed by atoms with Gasteiger partial charge in [0, 0.05) is 21.2 Å². The molecule has 0 aliphatic carbocycles. The van der Waals surface area contributed by atoms with Crippen LogP contribution in [0.3, 0.4) is 0 Å². The molecule has 2 aromatic rings. The topological polar surface area (TPSA) is 57.5 Å². The summed E-state index contributed by atoms with van der Waals surface area (Å²) in [6.45, 7) is 1.49. The summed E-state index contributed by atoms with van der Waals surface area (Å²) >= 11 is 11.4. The SMILES string of the molecule is Cc1cc(C#C[C@](O)(c2cc(Cl)cc(Cl)c2)C(F)(F)F)ccc1C(=O)O. The van der Waals surface area contributed by atoms with Gasteiger partial charge < -0.3 is 10.2 Å². The number of halogens is 5. The van der Waals surface area contributed by atoms with Crippen molar-refractivity contribution >= 4 is 29.2 Å². The Morgan fingerprint density at radius 3 is 2.12 bits per heavy atom. The predicted octanol–water partition coefficient (Wildman–Crippen LogP) is 4.80. The van der Waals surface area contributed by atoms with Gasteiger partial charge in [-0.05, 0) is 54.8 Å². The molecule has 0 unspecified atom stereocenters. The minimum Gasteiger partial charge on any atom is -0.478 e. The van der Waals surface area contributed by atoms with Crippen molar-refractivity contribution in [2.24, 2.45) is 0 Å². The lowest BCUT2D eigenvalue weighted by atomic mass is 9.93. The van der Waals surface area contributed by atoms with Crippen LogP contribution < -0.4 is 0 Å². The van der Waals surface area contributed by atoms with Gasteiger partial charge in [-0.3, -0.25) is 0 Å². The maximum absolute atomic E-state index is 13.5. The molecular formula is C18H11Cl2F3O3. The zero-order chi connectivity index (χ0) is 19.7. The molecule has 2 N–H and O–H groups in total. The Hall–Kier alpha value is -2.20. The Morgan fingerprint density at radius 2 is 1.65 bits per heavy atom. The number of aliphatic hydroxyl groups is 1. The smallest absolute Gasteiger partial charge is 0.433 e. The largest absolute Gasteiger partial charge is 0.478 e. The van der Waals surface area contributed by atoms with Crippen LogP contribution in [0.25, 0.3) is 0 Å². The molecule has 3 nitrogen and oxygen atoms in total. The van der Waals surface area contributed by atoms with Crippen LogP contribution in [-0.2, 0) is 5.60 Å². The van der Waals surface area contributed by atoms with Gasteiger partial charge >= 0.3 is 12.1 Å². The average Bonchev–Trinajstić information content (AvgIpc) is 2.50. The van der Waals surface area contributed by atoms with E-state index in [1.165, 1.54) is 31.2 Å². The standard InChI is InChI=1S/C18H11Cl2F3O3/c1-10-6-11(2-3-15(10)16(24)25)4-5-17(26,18(21,22)23)12-7-13(19)9-14(20)8-12/h2-3,6-9,26H,1H3,(H,24,25)/t17-/m0/s1. The molecule has 0 amide bonds. The molecule has 136 valence electrons. The van der Waals surface area contributed by atoms with Crippen molar-refractivity contribution in [1.29, 1.82) is 0 Å². The molecule has 0 fully saturated rings. The molecule has 0 spiro atoms. The number of alkyl halides is 3. The molecule has 8 heteroatoms. The van der Waals surface area contributed by atoms with E-state index in [2.05, 4.69) is 5.92 Å². The molecule has 0 radical (unpaired) electrons. The number of hydrogen-bond donors (Lipinski definition) is 2. The van der Waals surface area contributed by atoms with E-state index in [0.29, 0.717) is 5.56 Å². The average molecular weight is 403 g/mol. The molecule has 2 rings (SSSR count). The molecule has 0 saturated carbocycles. The number of carboxylic acid groups (broad SMARTS) is 1. The Labute approximate surface area is 157 Å². The van der Waals surface area contributed by atoms with Crippen molar-refractivity contribution in [3.05, 3.63) is 68.7 Å². The third-order valence-electron chi connectivity index (χ3n) is 3.54. The zero-order valence-corrected chi connectivity index (χ0v) is 14.7. The minimum absolute atomic E-state index is 0.00301. The van der Waals surface area contributed by atoms with E-state index in [1.54, 1.807) is 0 Å². The summed E-state index contributed by atoms with van der Waals surface area (Å²) in [7, 11) is 0. The second kappa shape index (κ2) is 7.20. The van der Waals surface area contributed by atoms with Gasteiger partial charge in [0.2, 0.25) is 5.60 Å². The second-order valence-corrected chi connectivity index (χ2v) is 6.32. The van der Waals surface area contributed by atoms with E-state index in [1.807, 2.05) is 5.92 Å². The van der Waals surface area contributed by atoms with Crippen LogP contribution in [0, 0.1) is 18.8 Å². The molecular weight excluding hydrogens is 392 g/mol. The highest BCUT2D eigenvalue weighted by atomic mass is 35.5. The first-order valence-corrected chi connectivity index (χ1v) is 7.82. The lowest BCUT2D eigenvalue weighted by Crippen LogP contribution is -2.41. The summed E-state index contributed by atoms with van der Waals surface area (Å²) in [6, 6.07) is 6.88. The van der Waals surface area contributed by atoms with E-state index >= 15 is 0 Å². The third kappa shape index (κ3) is 4.13. The molecule has 0 heterocycles. The molecule has 1 atom stereocenters. The Bertz CT molecular complexity index is 909. The molecule has 0 saturated heterocycles. The second-order valence-electron chi connectivity index (χ2n) is 5.45. The summed E-state index contributed by atoms with van der Waals surface area (Å²) in [5, 5.41) is 19.0. The van der Waals surface area contributed by atoms with E-state index in [4.69, 9.17) is 28.3 Å². The summed E-state index contributed by atoms with van der Waals surface area (Å²) in [5.74, 6) is 2.89. The minimum atomic E-state index is -5.12. The third-order valence-corrected chi connectivity index (χ3v) is 3.97. The molecule has 26 heavy (non-hydrogen) atoms. The van der Waals surface area contributed by atoms with Gasteiger partial charge in [-0.25, -0.2) is 4.79 Å². The summed E-state index contributed by atoms with van der Waals surface area (Å²) in [6.07, 6.45) is -5.12. The Kier molecular flexibility index (Phi) is 5.57. The first-order valence-electron chi connectivity index (χ1n) is 7.07. The summed E-state index contributed by atoms with van der Waals surface area (Å²) < 4.78 is 40.5. The number of aryl methyl sites for hydroxylation is 1. The van der Waals surface area contributed by atoms with Gasteiger partial charge in [0.05, 0.1) is 5.56 Å². The van der Waals surface area contributed by atoms with Crippen LogP contribution in [0.5, 0.6) is 0 Å². The van der Waals surface area contributed by atoms with Crippen molar-refractivity contribution in [2.75, 3.05) is 0 Å². The number of carbonyl (C=O) groups is 1. The van der Waals surface area contributed by atoms with Crippen LogP contribution in [-0.4, -0.2) is 22.4 Å². The summed E-state index contributed by atoms with van der Waals surface area (Å²) in [4.78, 5) is 11.0. The zero-order valence-electron chi connectivity index (χ0n) is 13.2. The van der Waals surface area contributed by atoms with Crippen molar-refractivity contribution in [3.8, 4) is 11.8 Å². The van der Waals surface area contributed by atoms with Crippen LogP contribution in [0.1, 0.15) is 27.0 Å². The Morgan fingerprint density at radius 1 is 1.08 bits per heavy atom. The first-order chi connectivity index (χ1) is 11.9. The fourth-order valence-electron chi connectivity index (χ4n) is 2.21.